The molecule has 0 spiro atoms. The molecule has 0 aromatic heterocycles. The van der Waals surface area contributed by atoms with Crippen LogP contribution in [0.4, 0.5) is 0 Å². The molecule has 3 N–H and O–H groups in total. The van der Waals surface area contributed by atoms with E-state index in [0.29, 0.717) is 12.8 Å². The van der Waals surface area contributed by atoms with Gasteiger partial charge in [0, 0.05) is 12.8 Å². The molecule has 0 aromatic carbocycles. The first-order chi connectivity index (χ1) is 11.8. The molecule has 0 saturated heterocycles. The van der Waals surface area contributed by atoms with Crippen LogP contribution in [0.5, 0.6) is 0 Å². The van der Waals surface area contributed by atoms with E-state index >= 15 is 0 Å². The molecule has 0 aliphatic carbocycles. The molecular weight excluding hydrogens is 320 g/mol. The Kier molecular flexibility index (Phi) is 12.2. The van der Waals surface area contributed by atoms with Crippen LogP contribution in [0.15, 0.2) is 0 Å². The molecule has 0 rings (SSSR count). The molecular formula is C20H38O5. The fraction of sp³-hybridized carbons (Fsp3) is 0.900. The highest BCUT2D eigenvalue weighted by Crippen LogP contribution is 2.37. The van der Waals surface area contributed by atoms with Gasteiger partial charge in [0.15, 0.2) is 17.0 Å². The van der Waals surface area contributed by atoms with E-state index in [4.69, 9.17) is 0 Å². The van der Waals surface area contributed by atoms with Gasteiger partial charge in [0.25, 0.3) is 5.97 Å². The van der Waals surface area contributed by atoms with Crippen LogP contribution in [0.25, 0.3) is 0 Å². The van der Waals surface area contributed by atoms with Gasteiger partial charge in [0.1, 0.15) is 0 Å². The summed E-state index contributed by atoms with van der Waals surface area (Å²) in [5.41, 5.74) is -2.12. The largest absolute Gasteiger partial charge is 0.342 e. The molecule has 0 bridgehead atoms. The summed E-state index contributed by atoms with van der Waals surface area (Å²) in [5, 5.41) is 29.5. The maximum Gasteiger partial charge on any atom is 0.295 e. The minimum Gasteiger partial charge on any atom is -0.342 e. The van der Waals surface area contributed by atoms with E-state index < -0.39 is 23.0 Å². The van der Waals surface area contributed by atoms with Gasteiger partial charge in [-0.1, -0.05) is 72.1 Å². The second kappa shape index (κ2) is 12.6. The van der Waals surface area contributed by atoms with Crippen LogP contribution < -0.4 is 0 Å². The second-order valence-electron chi connectivity index (χ2n) is 7.07. The summed E-state index contributed by atoms with van der Waals surface area (Å²) < 4.78 is 0. The van der Waals surface area contributed by atoms with Crippen LogP contribution in [0.1, 0.15) is 104 Å². The van der Waals surface area contributed by atoms with Crippen LogP contribution in [0.3, 0.4) is 0 Å². The Balaban J connectivity index is 4.87. The molecule has 5 heteroatoms. The minimum absolute atomic E-state index is 0.0859. The lowest BCUT2D eigenvalue weighted by atomic mass is 9.71. The first kappa shape index (κ1) is 24.2. The monoisotopic (exact) mass is 358 g/mol. The third-order valence-electron chi connectivity index (χ3n) is 5.07. The predicted molar refractivity (Wildman–Crippen MR) is 98.9 cm³/mol. The maximum absolute atomic E-state index is 12.7. The Morgan fingerprint density at radius 1 is 0.640 bits per heavy atom. The lowest BCUT2D eigenvalue weighted by Crippen LogP contribution is -2.58. The summed E-state index contributed by atoms with van der Waals surface area (Å²) in [4.78, 5) is 25.3. The average Bonchev–Trinajstić information content (AvgIpc) is 2.54. The van der Waals surface area contributed by atoms with Gasteiger partial charge in [-0.25, -0.2) is 0 Å². The first-order valence-corrected chi connectivity index (χ1v) is 10.0. The van der Waals surface area contributed by atoms with Gasteiger partial charge in [0.05, 0.1) is 0 Å². The minimum atomic E-state index is -3.30. The van der Waals surface area contributed by atoms with Crippen molar-refractivity contribution in [1.29, 1.82) is 0 Å². The number of ketones is 2. The number of rotatable bonds is 16. The highest BCUT2D eigenvalue weighted by molar-refractivity contribution is 6.07. The summed E-state index contributed by atoms with van der Waals surface area (Å²) in [6, 6.07) is 0. The summed E-state index contributed by atoms with van der Waals surface area (Å²) >= 11 is 0. The molecule has 0 aromatic rings. The first-order valence-electron chi connectivity index (χ1n) is 10.0. The van der Waals surface area contributed by atoms with Crippen molar-refractivity contribution >= 4 is 11.6 Å². The normalized spacial score (nSPS) is 12.4. The van der Waals surface area contributed by atoms with Crippen molar-refractivity contribution in [3.05, 3.63) is 0 Å². The number of Topliss-reactive ketones (excluding diaryl/α,β-unsaturated/α-hetero) is 2. The van der Waals surface area contributed by atoms with Gasteiger partial charge in [-0.05, 0) is 19.3 Å². The smallest absolute Gasteiger partial charge is 0.295 e. The van der Waals surface area contributed by atoms with Crippen LogP contribution in [0, 0.1) is 5.41 Å². The number of hydrogen-bond donors (Lipinski definition) is 3. The molecule has 0 unspecified atom stereocenters. The van der Waals surface area contributed by atoms with E-state index in [1.54, 1.807) is 6.92 Å². The molecule has 25 heavy (non-hydrogen) atoms. The molecule has 0 fully saturated rings. The van der Waals surface area contributed by atoms with Gasteiger partial charge in [-0.3, -0.25) is 9.59 Å². The average molecular weight is 359 g/mol. The van der Waals surface area contributed by atoms with Crippen molar-refractivity contribution in [3.8, 4) is 0 Å². The zero-order chi connectivity index (χ0) is 19.3. The number of hydrogen-bond acceptors (Lipinski definition) is 5. The van der Waals surface area contributed by atoms with Crippen LogP contribution in [0.2, 0.25) is 0 Å². The van der Waals surface area contributed by atoms with E-state index in [1.807, 2.05) is 0 Å². The lowest BCUT2D eigenvalue weighted by molar-refractivity contribution is -0.355. The van der Waals surface area contributed by atoms with Crippen molar-refractivity contribution in [2.24, 2.45) is 5.41 Å². The molecule has 0 aliphatic rings. The van der Waals surface area contributed by atoms with Gasteiger partial charge < -0.3 is 15.3 Å². The highest BCUT2D eigenvalue weighted by Gasteiger charge is 2.57. The third kappa shape index (κ3) is 7.55. The summed E-state index contributed by atoms with van der Waals surface area (Å²) in [7, 11) is 0. The molecule has 0 atom stereocenters. The lowest BCUT2D eigenvalue weighted by Gasteiger charge is -2.36. The van der Waals surface area contributed by atoms with Crippen LogP contribution >= 0.6 is 0 Å². The van der Waals surface area contributed by atoms with Crippen LogP contribution in [-0.2, 0) is 9.59 Å². The van der Waals surface area contributed by atoms with Gasteiger partial charge in [0.2, 0.25) is 0 Å². The van der Waals surface area contributed by atoms with E-state index in [0.717, 1.165) is 51.4 Å². The van der Waals surface area contributed by atoms with Crippen molar-refractivity contribution in [3.63, 3.8) is 0 Å². The topological polar surface area (TPSA) is 94.8 Å². The quantitative estimate of drug-likeness (QED) is 0.221. The number of aliphatic hydroxyl groups is 3. The molecule has 0 aliphatic heterocycles. The summed E-state index contributed by atoms with van der Waals surface area (Å²) in [5.74, 6) is -4.42. The zero-order valence-corrected chi connectivity index (χ0v) is 16.4. The van der Waals surface area contributed by atoms with Gasteiger partial charge in [-0.15, -0.1) is 0 Å². The molecule has 5 nitrogen and oxygen atoms in total. The Bertz CT molecular complexity index is 358. The second-order valence-corrected chi connectivity index (χ2v) is 7.07. The van der Waals surface area contributed by atoms with Crippen molar-refractivity contribution in [1.82, 2.24) is 0 Å². The third-order valence-corrected chi connectivity index (χ3v) is 5.07. The van der Waals surface area contributed by atoms with Crippen molar-refractivity contribution in [2.75, 3.05) is 0 Å². The Labute approximate surface area is 152 Å². The van der Waals surface area contributed by atoms with Gasteiger partial charge in [-0.2, -0.15) is 0 Å². The zero-order valence-electron chi connectivity index (χ0n) is 16.4. The SMILES string of the molecule is CCCCCCCC(=O)C(CC)(C(=O)CCCCCCC)C(O)(O)O. The van der Waals surface area contributed by atoms with E-state index in [1.165, 1.54) is 0 Å². The summed E-state index contributed by atoms with van der Waals surface area (Å²) in [6.07, 6.45) is 9.37. The molecule has 0 saturated carbocycles. The van der Waals surface area contributed by atoms with Crippen molar-refractivity contribution in [2.45, 2.75) is 110 Å². The number of carbonyl (C=O) groups excluding carboxylic acids is 2. The number of unbranched alkanes of at least 4 members (excludes halogenated alkanes) is 8. The molecule has 0 amide bonds. The fourth-order valence-corrected chi connectivity index (χ4v) is 3.37. The summed E-state index contributed by atoms with van der Waals surface area (Å²) in [6.45, 7) is 5.75. The van der Waals surface area contributed by atoms with Crippen LogP contribution in [-0.4, -0.2) is 32.9 Å². The Hall–Kier alpha value is -0.780. The highest BCUT2D eigenvalue weighted by atomic mass is 16.7. The molecule has 148 valence electrons. The standard InChI is InChI=1S/C20H38O5/c1-4-7-9-11-13-15-17(21)19(6-3,20(23,24)25)18(22)16-14-12-10-8-5-2/h23-25H,4-16H2,1-3H3. The van der Waals surface area contributed by atoms with Crippen molar-refractivity contribution < 1.29 is 24.9 Å². The Morgan fingerprint density at radius 2 is 1.00 bits per heavy atom. The maximum atomic E-state index is 12.7. The van der Waals surface area contributed by atoms with E-state index in [-0.39, 0.29) is 19.3 Å². The number of carbonyl (C=O) groups is 2. The molecule has 0 heterocycles. The van der Waals surface area contributed by atoms with E-state index in [9.17, 15) is 24.9 Å². The van der Waals surface area contributed by atoms with Gasteiger partial charge >= 0.3 is 0 Å². The predicted octanol–water partition coefficient (Wildman–Crippen LogP) is 3.87. The Morgan fingerprint density at radius 3 is 1.28 bits per heavy atom. The molecule has 0 radical (unpaired) electrons. The van der Waals surface area contributed by atoms with E-state index in [2.05, 4.69) is 13.8 Å². The fourth-order valence-electron chi connectivity index (χ4n) is 3.37.